The molecule has 1 aliphatic heterocycles. The minimum absolute atomic E-state index is 0.0982. The quantitative estimate of drug-likeness (QED) is 0.811. The zero-order chi connectivity index (χ0) is 13.7. The molecule has 1 aromatic heterocycles. The molecule has 0 bridgehead atoms. The molecule has 0 aromatic carbocycles. The van der Waals surface area contributed by atoms with Crippen molar-refractivity contribution < 1.29 is 4.79 Å². The summed E-state index contributed by atoms with van der Waals surface area (Å²) in [5.41, 5.74) is 0. The summed E-state index contributed by atoms with van der Waals surface area (Å²) >= 11 is 0. The standard InChI is InChI=1S/C13H23N5O/c1-10(11-4-3-5-14-7-11)6-13(19)15-8-12-17-16-9-18(12)2/h9-11,14H,3-8H2,1-2H3,(H,15,19). The SMILES string of the molecule is CC(CC(=O)NCc1nncn1C)C1CCCNC1. The van der Waals surface area contributed by atoms with Gasteiger partial charge in [0.15, 0.2) is 5.82 Å². The van der Waals surface area contributed by atoms with E-state index in [9.17, 15) is 4.79 Å². The fourth-order valence-electron chi connectivity index (χ4n) is 2.54. The Kier molecular flexibility index (Phi) is 4.90. The first-order chi connectivity index (χ1) is 9.16. The van der Waals surface area contributed by atoms with E-state index in [2.05, 4.69) is 27.8 Å². The number of nitrogens with one attached hydrogen (secondary N) is 2. The molecule has 6 nitrogen and oxygen atoms in total. The lowest BCUT2D eigenvalue weighted by molar-refractivity contribution is -0.122. The molecule has 19 heavy (non-hydrogen) atoms. The van der Waals surface area contributed by atoms with E-state index < -0.39 is 0 Å². The number of hydrogen-bond donors (Lipinski definition) is 2. The van der Waals surface area contributed by atoms with E-state index in [-0.39, 0.29) is 5.91 Å². The summed E-state index contributed by atoms with van der Waals surface area (Å²) in [5.74, 6) is 1.92. The molecule has 0 aliphatic carbocycles. The van der Waals surface area contributed by atoms with Gasteiger partial charge in [0.2, 0.25) is 5.91 Å². The Labute approximate surface area is 114 Å². The van der Waals surface area contributed by atoms with Crippen molar-refractivity contribution in [3.8, 4) is 0 Å². The highest BCUT2D eigenvalue weighted by molar-refractivity contribution is 5.76. The van der Waals surface area contributed by atoms with Crippen LogP contribution in [0.25, 0.3) is 0 Å². The van der Waals surface area contributed by atoms with Gasteiger partial charge in [0.05, 0.1) is 6.54 Å². The molecule has 2 unspecified atom stereocenters. The van der Waals surface area contributed by atoms with Crippen molar-refractivity contribution in [1.29, 1.82) is 0 Å². The van der Waals surface area contributed by atoms with Crippen molar-refractivity contribution in [3.05, 3.63) is 12.2 Å². The normalized spacial score (nSPS) is 21.1. The summed E-state index contributed by atoms with van der Waals surface area (Å²) in [7, 11) is 1.87. The van der Waals surface area contributed by atoms with Gasteiger partial charge in [-0.05, 0) is 37.8 Å². The number of hydrogen-bond acceptors (Lipinski definition) is 4. The number of rotatable bonds is 5. The van der Waals surface area contributed by atoms with Crippen LogP contribution in [0.15, 0.2) is 6.33 Å². The highest BCUT2D eigenvalue weighted by Crippen LogP contribution is 2.22. The molecule has 1 aromatic rings. The Bertz CT molecular complexity index is 411. The molecule has 2 N–H and O–H groups in total. The van der Waals surface area contributed by atoms with Gasteiger partial charge in [0.1, 0.15) is 6.33 Å². The van der Waals surface area contributed by atoms with Gasteiger partial charge in [-0.2, -0.15) is 0 Å². The van der Waals surface area contributed by atoms with Gasteiger partial charge >= 0.3 is 0 Å². The Morgan fingerprint density at radius 2 is 2.53 bits per heavy atom. The summed E-state index contributed by atoms with van der Waals surface area (Å²) in [6, 6.07) is 0. The third kappa shape index (κ3) is 4.02. The van der Waals surface area contributed by atoms with Gasteiger partial charge in [0.25, 0.3) is 0 Å². The minimum Gasteiger partial charge on any atom is -0.349 e. The van der Waals surface area contributed by atoms with E-state index in [4.69, 9.17) is 0 Å². The van der Waals surface area contributed by atoms with Gasteiger partial charge in [-0.25, -0.2) is 0 Å². The lowest BCUT2D eigenvalue weighted by atomic mass is 9.85. The Hall–Kier alpha value is -1.43. The lowest BCUT2D eigenvalue weighted by Crippen LogP contribution is -2.35. The van der Waals surface area contributed by atoms with Crippen LogP contribution in [0, 0.1) is 11.8 Å². The van der Waals surface area contributed by atoms with Crippen LogP contribution >= 0.6 is 0 Å². The number of nitrogens with zero attached hydrogens (tertiary/aromatic N) is 3. The van der Waals surface area contributed by atoms with Crippen molar-refractivity contribution in [2.24, 2.45) is 18.9 Å². The van der Waals surface area contributed by atoms with E-state index in [0.29, 0.717) is 24.8 Å². The lowest BCUT2D eigenvalue weighted by Gasteiger charge is -2.27. The van der Waals surface area contributed by atoms with Crippen LogP contribution in [-0.4, -0.2) is 33.8 Å². The van der Waals surface area contributed by atoms with Crippen molar-refractivity contribution in [2.45, 2.75) is 32.7 Å². The number of aromatic nitrogens is 3. The maximum absolute atomic E-state index is 11.9. The fourth-order valence-corrected chi connectivity index (χ4v) is 2.54. The third-order valence-corrected chi connectivity index (χ3v) is 3.90. The van der Waals surface area contributed by atoms with Gasteiger partial charge in [0, 0.05) is 13.5 Å². The first kappa shape index (κ1) is 14.0. The molecule has 6 heteroatoms. The van der Waals surface area contributed by atoms with Crippen LogP contribution < -0.4 is 10.6 Å². The molecule has 0 radical (unpaired) electrons. The molecule has 2 atom stereocenters. The summed E-state index contributed by atoms with van der Waals surface area (Å²) in [6.07, 6.45) is 4.67. The van der Waals surface area contributed by atoms with E-state index in [0.717, 1.165) is 18.9 Å². The molecule has 106 valence electrons. The van der Waals surface area contributed by atoms with E-state index in [1.807, 2.05) is 11.6 Å². The fraction of sp³-hybridized carbons (Fsp3) is 0.769. The molecule has 0 saturated carbocycles. The summed E-state index contributed by atoms with van der Waals surface area (Å²) in [6.45, 7) is 4.77. The van der Waals surface area contributed by atoms with Crippen molar-refractivity contribution in [2.75, 3.05) is 13.1 Å². The Balaban J connectivity index is 1.73. The molecule has 2 rings (SSSR count). The molecule has 0 spiro atoms. The Morgan fingerprint density at radius 3 is 3.16 bits per heavy atom. The second kappa shape index (κ2) is 6.65. The van der Waals surface area contributed by atoms with Crippen LogP contribution in [0.5, 0.6) is 0 Å². The molecule has 1 amide bonds. The van der Waals surface area contributed by atoms with Crippen LogP contribution in [0.2, 0.25) is 0 Å². The Morgan fingerprint density at radius 1 is 1.68 bits per heavy atom. The molecule has 2 heterocycles. The van der Waals surface area contributed by atoms with Crippen molar-refractivity contribution >= 4 is 5.91 Å². The number of piperidine rings is 1. The second-order valence-electron chi connectivity index (χ2n) is 5.42. The maximum atomic E-state index is 11.9. The number of amides is 1. The van der Waals surface area contributed by atoms with Crippen molar-refractivity contribution in [3.63, 3.8) is 0 Å². The third-order valence-electron chi connectivity index (χ3n) is 3.90. The zero-order valence-electron chi connectivity index (χ0n) is 11.7. The van der Waals surface area contributed by atoms with Gasteiger partial charge in [-0.3, -0.25) is 4.79 Å². The molecular weight excluding hydrogens is 242 g/mol. The number of carbonyl (C=O) groups excluding carboxylic acids is 1. The summed E-state index contributed by atoms with van der Waals surface area (Å²) < 4.78 is 1.81. The second-order valence-corrected chi connectivity index (χ2v) is 5.42. The van der Waals surface area contributed by atoms with Gasteiger partial charge in [-0.1, -0.05) is 6.92 Å². The van der Waals surface area contributed by atoms with Crippen LogP contribution in [-0.2, 0) is 18.4 Å². The number of aryl methyl sites for hydroxylation is 1. The first-order valence-electron chi connectivity index (χ1n) is 6.97. The average Bonchev–Trinajstić information content (AvgIpc) is 2.83. The molecule has 1 fully saturated rings. The average molecular weight is 265 g/mol. The summed E-state index contributed by atoms with van der Waals surface area (Å²) in [4.78, 5) is 11.9. The first-order valence-corrected chi connectivity index (χ1v) is 6.97. The maximum Gasteiger partial charge on any atom is 0.220 e. The largest absolute Gasteiger partial charge is 0.349 e. The summed E-state index contributed by atoms with van der Waals surface area (Å²) in [5, 5.41) is 14.0. The highest BCUT2D eigenvalue weighted by atomic mass is 16.1. The van der Waals surface area contributed by atoms with E-state index >= 15 is 0 Å². The molecule has 1 aliphatic rings. The minimum atomic E-state index is 0.0982. The predicted molar refractivity (Wildman–Crippen MR) is 72.2 cm³/mol. The van der Waals surface area contributed by atoms with Crippen molar-refractivity contribution in [1.82, 2.24) is 25.4 Å². The zero-order valence-corrected chi connectivity index (χ0v) is 11.7. The van der Waals surface area contributed by atoms with Crippen LogP contribution in [0.1, 0.15) is 32.0 Å². The van der Waals surface area contributed by atoms with Gasteiger partial charge < -0.3 is 15.2 Å². The number of carbonyl (C=O) groups is 1. The van der Waals surface area contributed by atoms with Crippen LogP contribution in [0.3, 0.4) is 0 Å². The molecular formula is C13H23N5O. The van der Waals surface area contributed by atoms with Gasteiger partial charge in [-0.15, -0.1) is 10.2 Å². The molecule has 1 saturated heterocycles. The van der Waals surface area contributed by atoms with Crippen LogP contribution in [0.4, 0.5) is 0 Å². The monoisotopic (exact) mass is 265 g/mol. The van der Waals surface area contributed by atoms with E-state index in [1.165, 1.54) is 12.8 Å². The smallest absolute Gasteiger partial charge is 0.220 e. The topological polar surface area (TPSA) is 71.8 Å². The van der Waals surface area contributed by atoms with E-state index in [1.54, 1.807) is 6.33 Å². The highest BCUT2D eigenvalue weighted by Gasteiger charge is 2.21. The predicted octanol–water partition coefficient (Wildman–Crippen LogP) is 0.457.